The van der Waals surface area contributed by atoms with Gasteiger partial charge in [0.25, 0.3) is 10.0 Å². The van der Waals surface area contributed by atoms with Gasteiger partial charge in [-0.2, -0.15) is 19.0 Å². The minimum Gasteiger partial charge on any atom is -0.484 e. The molecule has 0 radical (unpaired) electrons. The number of hydrogen-bond donors (Lipinski definition) is 3. The molecule has 0 aliphatic heterocycles. The highest BCUT2D eigenvalue weighted by Crippen LogP contribution is 2.39. The summed E-state index contributed by atoms with van der Waals surface area (Å²) < 4.78 is 89.9. The summed E-state index contributed by atoms with van der Waals surface area (Å²) in [5.74, 6) is -4.55. The average Bonchev–Trinajstić information content (AvgIpc) is 3.73. The molecule has 0 aliphatic rings. The molecule has 0 saturated carbocycles. The zero-order valence-corrected chi connectivity index (χ0v) is 29.5. The number of nitrogens with two attached hydrogens (primary N) is 1. The summed E-state index contributed by atoms with van der Waals surface area (Å²) in [7, 11) is -5.04. The number of aromatic nitrogens is 5. The van der Waals surface area contributed by atoms with Gasteiger partial charge in [0.15, 0.2) is 0 Å². The maximum Gasteiger partial charge on any atom is 0.355 e. The number of benzene rings is 2. The van der Waals surface area contributed by atoms with Gasteiger partial charge in [-0.05, 0) is 57.5 Å². The van der Waals surface area contributed by atoms with Gasteiger partial charge in [-0.25, -0.2) is 22.6 Å². The number of nitrogen functional groups attached to an aromatic ring is 1. The van der Waals surface area contributed by atoms with Crippen molar-refractivity contribution in [3.05, 3.63) is 72.4 Å². The number of ether oxygens (including phenoxy) is 4. The third-order valence-corrected chi connectivity index (χ3v) is 8.40. The number of pyridine rings is 1. The summed E-state index contributed by atoms with van der Waals surface area (Å²) >= 11 is 0. The van der Waals surface area contributed by atoms with Gasteiger partial charge in [0, 0.05) is 29.1 Å². The number of aromatic amines is 1. The van der Waals surface area contributed by atoms with Crippen LogP contribution in [-0.2, 0) is 35.6 Å². The molecule has 5 aromatic rings. The van der Waals surface area contributed by atoms with Crippen molar-refractivity contribution in [3.63, 3.8) is 0 Å². The summed E-state index contributed by atoms with van der Waals surface area (Å²) in [5, 5.41) is 12.3. The van der Waals surface area contributed by atoms with Crippen LogP contribution in [0.4, 0.5) is 24.7 Å². The normalized spacial score (nSPS) is 12.7. The van der Waals surface area contributed by atoms with E-state index in [1.165, 1.54) is 42.5 Å². The van der Waals surface area contributed by atoms with Crippen molar-refractivity contribution < 1.29 is 45.3 Å². The van der Waals surface area contributed by atoms with Crippen LogP contribution in [0.15, 0.2) is 61.1 Å². The molecule has 18 heteroatoms. The zero-order chi connectivity index (χ0) is 37.6. The topological polar surface area (TPSA) is 186 Å². The van der Waals surface area contributed by atoms with E-state index in [9.17, 15) is 26.4 Å². The lowest BCUT2D eigenvalue weighted by molar-refractivity contribution is -0.160. The number of anilines is 2. The fourth-order valence-electron chi connectivity index (χ4n) is 5.05. The highest BCUT2D eigenvalue weighted by atomic mass is 32.2. The van der Waals surface area contributed by atoms with Gasteiger partial charge < -0.3 is 24.7 Å². The predicted octanol–water partition coefficient (Wildman–Crippen LogP) is 5.69. The van der Waals surface area contributed by atoms with E-state index in [-0.39, 0.29) is 37.1 Å². The van der Waals surface area contributed by atoms with Gasteiger partial charge in [-0.1, -0.05) is 18.2 Å². The Kier molecular flexibility index (Phi) is 11.7. The lowest BCUT2D eigenvalue weighted by Crippen LogP contribution is -2.27. The Hall–Kier alpha value is -5.20. The summed E-state index contributed by atoms with van der Waals surface area (Å²) in [6, 6.07) is 9.64. The fraction of sp³-hybridized carbons (Fsp3) is 0.353. The highest BCUT2D eigenvalue weighted by molar-refractivity contribution is 7.93. The van der Waals surface area contributed by atoms with Gasteiger partial charge in [-0.3, -0.25) is 14.5 Å². The van der Waals surface area contributed by atoms with E-state index in [1.54, 1.807) is 51.0 Å². The third kappa shape index (κ3) is 9.56. The van der Waals surface area contributed by atoms with Crippen molar-refractivity contribution >= 4 is 38.4 Å². The second kappa shape index (κ2) is 16.0. The van der Waals surface area contributed by atoms with Gasteiger partial charge in [0.2, 0.25) is 0 Å². The quantitative estimate of drug-likeness (QED) is 0.0833. The van der Waals surface area contributed by atoms with Crippen molar-refractivity contribution in [3.8, 4) is 28.1 Å². The van der Waals surface area contributed by atoms with Crippen molar-refractivity contribution in [2.45, 2.75) is 51.7 Å². The summed E-state index contributed by atoms with van der Waals surface area (Å²) in [4.78, 5) is 16.1. The van der Waals surface area contributed by atoms with E-state index in [0.717, 1.165) is 0 Å². The number of H-pyrrole nitrogens is 1. The van der Waals surface area contributed by atoms with Crippen LogP contribution in [0.3, 0.4) is 0 Å². The van der Waals surface area contributed by atoms with Gasteiger partial charge in [0.05, 0.1) is 49.2 Å². The molecular weight excluding hydrogens is 707 g/mol. The van der Waals surface area contributed by atoms with Crippen LogP contribution < -0.4 is 15.2 Å². The first-order valence-electron chi connectivity index (χ1n) is 16.0. The number of nitrogens with one attached hydrogen (secondary N) is 2. The SMILES string of the molecule is C[C@H](Oc1cc(-c2n[nH]c3c(-c4cnn(CCOCCOCC(=O)OC(C)(C)C)c4)cnc(N)c23)ccc1NS(=O)(=O)C(F)F)c1ccc(F)cc1. The maximum absolute atomic E-state index is 13.5. The second-order valence-corrected chi connectivity index (χ2v) is 14.2. The summed E-state index contributed by atoms with van der Waals surface area (Å²) in [6.45, 7) is 8.05. The molecule has 14 nitrogen and oxygen atoms in total. The van der Waals surface area contributed by atoms with E-state index >= 15 is 0 Å². The van der Waals surface area contributed by atoms with Crippen LogP contribution in [0, 0.1) is 5.82 Å². The Morgan fingerprint density at radius 3 is 2.48 bits per heavy atom. The number of carbonyl (C=O) groups is 1. The number of alkyl halides is 2. The molecular formula is C34H38F3N7O7S. The Bertz CT molecular complexity index is 2120. The summed E-state index contributed by atoms with van der Waals surface area (Å²) in [6.07, 6.45) is 4.27. The van der Waals surface area contributed by atoms with Crippen LogP contribution in [0.5, 0.6) is 5.75 Å². The lowest BCUT2D eigenvalue weighted by Gasteiger charge is -2.19. The Labute approximate surface area is 297 Å². The molecule has 0 spiro atoms. The second-order valence-electron chi connectivity index (χ2n) is 12.6. The standard InChI is InChI=1S/C34H38F3N7O7S/c1-20(21-5-8-24(35)9-6-21)50-27-15-22(7-10-26(27)43-52(46,47)33(36)37)30-29-31(42-41-30)25(17-39-32(29)38)23-16-40-44(18-23)11-12-48-13-14-49-19-28(45)51-34(2,3)4/h5-10,15-18,20,33,43H,11-14,19H2,1-4H3,(H2,38,39)(H,41,42)/t20-/m0/s1. The van der Waals surface area contributed by atoms with Crippen LogP contribution in [0.2, 0.25) is 0 Å². The lowest BCUT2D eigenvalue weighted by atomic mass is 10.0. The number of fused-ring (bicyclic) bond motifs is 1. The number of carbonyl (C=O) groups excluding carboxylic acids is 1. The molecule has 0 amide bonds. The van der Waals surface area contributed by atoms with E-state index < -0.39 is 39.3 Å². The minimum absolute atomic E-state index is 0.0875. The predicted molar refractivity (Wildman–Crippen MR) is 186 cm³/mol. The van der Waals surface area contributed by atoms with Crippen LogP contribution in [-0.4, -0.2) is 77.1 Å². The molecule has 3 aromatic heterocycles. The van der Waals surface area contributed by atoms with Crippen LogP contribution >= 0.6 is 0 Å². The largest absolute Gasteiger partial charge is 0.484 e. The molecule has 0 aliphatic carbocycles. The number of halogens is 3. The molecule has 278 valence electrons. The number of nitrogens with zero attached hydrogens (tertiary/aromatic N) is 4. The number of sulfonamides is 1. The molecule has 0 unspecified atom stereocenters. The number of rotatable bonds is 16. The molecule has 4 N–H and O–H groups in total. The van der Waals surface area contributed by atoms with Crippen LogP contribution in [0.25, 0.3) is 33.3 Å². The van der Waals surface area contributed by atoms with E-state index in [2.05, 4.69) is 20.3 Å². The van der Waals surface area contributed by atoms with Gasteiger partial charge in [0.1, 0.15) is 41.4 Å². The first kappa shape index (κ1) is 38.0. The molecule has 1 atom stereocenters. The zero-order valence-electron chi connectivity index (χ0n) is 28.7. The van der Waals surface area contributed by atoms with E-state index in [1.807, 2.05) is 4.72 Å². The first-order chi connectivity index (χ1) is 24.6. The Balaban J connectivity index is 1.32. The van der Waals surface area contributed by atoms with Gasteiger partial charge >= 0.3 is 11.7 Å². The van der Waals surface area contributed by atoms with Crippen molar-refractivity contribution in [2.75, 3.05) is 36.9 Å². The fourth-order valence-corrected chi connectivity index (χ4v) is 5.61. The van der Waals surface area contributed by atoms with Crippen molar-refractivity contribution in [1.82, 2.24) is 25.0 Å². The smallest absolute Gasteiger partial charge is 0.355 e. The monoisotopic (exact) mass is 745 g/mol. The van der Waals surface area contributed by atoms with Gasteiger partial charge in [-0.15, -0.1) is 0 Å². The Morgan fingerprint density at radius 1 is 1.04 bits per heavy atom. The molecule has 0 fully saturated rings. The molecule has 0 saturated heterocycles. The minimum atomic E-state index is -5.04. The molecule has 2 aromatic carbocycles. The molecule has 5 rings (SSSR count). The summed E-state index contributed by atoms with van der Waals surface area (Å²) in [5.41, 5.74) is 8.65. The Morgan fingerprint density at radius 2 is 1.77 bits per heavy atom. The van der Waals surface area contributed by atoms with E-state index in [0.29, 0.717) is 52.0 Å². The maximum atomic E-state index is 13.5. The number of hydrogen-bond acceptors (Lipinski definition) is 11. The molecule has 52 heavy (non-hydrogen) atoms. The number of esters is 1. The van der Waals surface area contributed by atoms with E-state index in [4.69, 9.17) is 24.7 Å². The molecule has 3 heterocycles. The third-order valence-electron chi connectivity index (χ3n) is 7.43. The average molecular weight is 746 g/mol. The van der Waals surface area contributed by atoms with Crippen molar-refractivity contribution in [1.29, 1.82) is 0 Å². The molecule has 0 bridgehead atoms. The van der Waals surface area contributed by atoms with Crippen molar-refractivity contribution in [2.24, 2.45) is 0 Å². The van der Waals surface area contributed by atoms with Crippen LogP contribution in [0.1, 0.15) is 39.4 Å². The highest BCUT2D eigenvalue weighted by Gasteiger charge is 2.27. The first-order valence-corrected chi connectivity index (χ1v) is 17.5.